The topological polar surface area (TPSA) is 134 Å². The van der Waals surface area contributed by atoms with Gasteiger partial charge in [0.2, 0.25) is 5.91 Å². The number of piperazine rings is 1. The number of H-pyrrole nitrogens is 1. The molecule has 3 fully saturated rings. The first-order chi connectivity index (χ1) is 16.9. The van der Waals surface area contributed by atoms with Gasteiger partial charge < -0.3 is 20.3 Å². The number of carbonyl (C=O) groups is 2. The molecule has 2 saturated heterocycles. The number of rotatable bonds is 8. The summed E-state index contributed by atoms with van der Waals surface area (Å²) in [7, 11) is 0. The normalized spacial score (nSPS) is 21.5. The van der Waals surface area contributed by atoms with Crippen molar-refractivity contribution < 1.29 is 14.3 Å². The molecule has 1 saturated carbocycles. The van der Waals surface area contributed by atoms with Gasteiger partial charge in [0, 0.05) is 45.4 Å². The van der Waals surface area contributed by atoms with Gasteiger partial charge in [-0.1, -0.05) is 26.2 Å². The number of hydrogen-bond acceptors (Lipinski definition) is 7. The second-order valence-electron chi connectivity index (χ2n) is 9.80. The van der Waals surface area contributed by atoms with Crippen molar-refractivity contribution in [2.24, 2.45) is 0 Å². The molecule has 11 heteroatoms. The van der Waals surface area contributed by atoms with E-state index >= 15 is 0 Å². The number of hydrogen-bond donors (Lipinski definition) is 2. The van der Waals surface area contributed by atoms with Crippen LogP contribution in [0.2, 0.25) is 0 Å². The summed E-state index contributed by atoms with van der Waals surface area (Å²) in [6.07, 6.45) is 6.50. The van der Waals surface area contributed by atoms with Gasteiger partial charge in [-0.25, -0.2) is 4.79 Å². The number of unbranched alkanes of at least 4 members (excludes halogenated alkanes) is 1. The van der Waals surface area contributed by atoms with E-state index < -0.39 is 11.2 Å². The lowest BCUT2D eigenvalue weighted by Crippen LogP contribution is -2.55. The molecule has 0 bridgehead atoms. The Balaban J connectivity index is 1.49. The molecule has 11 nitrogen and oxygen atoms in total. The van der Waals surface area contributed by atoms with Crippen LogP contribution >= 0.6 is 0 Å². The fraction of sp³-hybridized carbons (Fsp3) is 0.750. The lowest BCUT2D eigenvalue weighted by atomic mass is 10.1. The highest BCUT2D eigenvalue weighted by atomic mass is 16.5. The van der Waals surface area contributed by atoms with Crippen molar-refractivity contribution >= 4 is 23.3 Å². The summed E-state index contributed by atoms with van der Waals surface area (Å²) in [5, 5.41) is 0. The van der Waals surface area contributed by atoms with Crippen molar-refractivity contribution in [3.8, 4) is 0 Å². The van der Waals surface area contributed by atoms with Crippen LogP contribution in [0, 0.1) is 0 Å². The molecule has 3 heterocycles. The average Bonchev–Trinajstić information content (AvgIpc) is 3.56. The molecule has 35 heavy (non-hydrogen) atoms. The molecule has 0 aromatic carbocycles. The minimum Gasteiger partial charge on any atom is -0.383 e. The van der Waals surface area contributed by atoms with E-state index in [1.165, 1.54) is 4.57 Å². The second kappa shape index (κ2) is 11.4. The van der Waals surface area contributed by atoms with Crippen LogP contribution in [0.15, 0.2) is 9.59 Å². The summed E-state index contributed by atoms with van der Waals surface area (Å²) >= 11 is 0. The summed E-state index contributed by atoms with van der Waals surface area (Å²) < 4.78 is 6.89. The number of nitrogens with two attached hydrogens (primary N) is 1. The number of carbonyl (C=O) groups excluding carboxylic acids is 2. The van der Waals surface area contributed by atoms with E-state index in [-0.39, 0.29) is 42.0 Å². The van der Waals surface area contributed by atoms with Gasteiger partial charge in [-0.15, -0.1) is 0 Å². The van der Waals surface area contributed by atoms with Crippen LogP contribution in [0.25, 0.3) is 0 Å². The molecule has 1 atom stereocenters. The smallest absolute Gasteiger partial charge is 0.330 e. The van der Waals surface area contributed by atoms with Crippen LogP contribution in [0.1, 0.15) is 58.3 Å². The first-order valence-corrected chi connectivity index (χ1v) is 13.0. The van der Waals surface area contributed by atoms with Crippen LogP contribution in [-0.2, 0) is 20.9 Å². The Labute approximate surface area is 205 Å². The molecule has 1 unspecified atom stereocenters. The zero-order valence-corrected chi connectivity index (χ0v) is 20.7. The van der Waals surface area contributed by atoms with Gasteiger partial charge >= 0.3 is 5.69 Å². The van der Waals surface area contributed by atoms with Crippen molar-refractivity contribution in [1.29, 1.82) is 0 Å². The zero-order chi connectivity index (χ0) is 24.9. The minimum atomic E-state index is -0.618. The first kappa shape index (κ1) is 25.4. The summed E-state index contributed by atoms with van der Waals surface area (Å²) in [5.74, 6) is -0.108. The fourth-order valence-electron chi connectivity index (χ4n) is 5.39. The van der Waals surface area contributed by atoms with Crippen molar-refractivity contribution in [3.63, 3.8) is 0 Å². The van der Waals surface area contributed by atoms with Crippen LogP contribution in [-0.4, -0.2) is 82.6 Å². The second-order valence-corrected chi connectivity index (χ2v) is 9.80. The van der Waals surface area contributed by atoms with E-state index in [0.717, 1.165) is 51.4 Å². The number of anilines is 2. The maximum Gasteiger partial charge on any atom is 0.330 e. The Bertz CT molecular complexity index is 1020. The highest BCUT2D eigenvalue weighted by molar-refractivity contribution is 5.97. The molecule has 0 spiro atoms. The van der Waals surface area contributed by atoms with Gasteiger partial charge in [-0.05, 0) is 32.1 Å². The lowest BCUT2D eigenvalue weighted by molar-refractivity contribution is -0.142. The SMILES string of the molecule is CCCCn1c(N)c(N(C(=O)CN2CCN(C(=O)C3CCCO3)CC2)C2CCCC2)c(=O)[nH]c1=O. The Morgan fingerprint density at radius 2 is 1.80 bits per heavy atom. The van der Waals surface area contributed by atoms with Crippen molar-refractivity contribution in [3.05, 3.63) is 20.8 Å². The third-order valence-corrected chi connectivity index (χ3v) is 7.40. The van der Waals surface area contributed by atoms with Crippen LogP contribution < -0.4 is 21.9 Å². The van der Waals surface area contributed by atoms with Crippen LogP contribution in [0.4, 0.5) is 11.5 Å². The number of amides is 2. The van der Waals surface area contributed by atoms with E-state index in [4.69, 9.17) is 10.5 Å². The summed E-state index contributed by atoms with van der Waals surface area (Å²) in [4.78, 5) is 59.3. The highest BCUT2D eigenvalue weighted by Gasteiger charge is 2.35. The Morgan fingerprint density at radius 3 is 2.43 bits per heavy atom. The molecule has 2 amide bonds. The maximum absolute atomic E-state index is 13.6. The average molecular weight is 491 g/mol. The monoisotopic (exact) mass is 490 g/mol. The van der Waals surface area contributed by atoms with E-state index in [0.29, 0.717) is 39.3 Å². The third kappa shape index (κ3) is 5.61. The van der Waals surface area contributed by atoms with Gasteiger partial charge in [-0.2, -0.15) is 0 Å². The fourth-order valence-corrected chi connectivity index (χ4v) is 5.39. The van der Waals surface area contributed by atoms with Crippen LogP contribution in [0.5, 0.6) is 0 Å². The maximum atomic E-state index is 13.6. The number of nitrogens with zero attached hydrogens (tertiary/aromatic N) is 4. The Morgan fingerprint density at radius 1 is 1.09 bits per heavy atom. The van der Waals surface area contributed by atoms with E-state index in [2.05, 4.69) is 4.98 Å². The predicted molar refractivity (Wildman–Crippen MR) is 132 cm³/mol. The van der Waals surface area contributed by atoms with Crippen molar-refractivity contribution in [1.82, 2.24) is 19.4 Å². The highest BCUT2D eigenvalue weighted by Crippen LogP contribution is 2.29. The van der Waals surface area contributed by atoms with Gasteiger partial charge in [0.15, 0.2) is 5.69 Å². The Kier molecular flexibility index (Phi) is 8.27. The quantitative estimate of drug-likeness (QED) is 0.542. The van der Waals surface area contributed by atoms with Gasteiger partial charge in [0.05, 0.1) is 6.54 Å². The molecular weight excluding hydrogens is 452 g/mol. The minimum absolute atomic E-state index is 0.0368. The molecule has 0 radical (unpaired) electrons. The molecule has 1 aromatic rings. The number of aromatic amines is 1. The first-order valence-electron chi connectivity index (χ1n) is 13.0. The largest absolute Gasteiger partial charge is 0.383 e. The molecule has 3 N–H and O–H groups in total. The van der Waals surface area contributed by atoms with E-state index in [1.54, 1.807) is 4.90 Å². The number of nitrogen functional groups attached to an aromatic ring is 1. The summed E-state index contributed by atoms with van der Waals surface area (Å²) in [5.41, 5.74) is 5.28. The molecule has 194 valence electrons. The predicted octanol–water partition coefficient (Wildman–Crippen LogP) is 0.518. The molecular formula is C24H38N6O5. The van der Waals surface area contributed by atoms with Crippen molar-refractivity contribution in [2.75, 3.05) is 50.0 Å². The molecule has 1 aromatic heterocycles. The van der Waals surface area contributed by atoms with E-state index in [9.17, 15) is 19.2 Å². The number of aromatic nitrogens is 2. The molecule has 2 aliphatic heterocycles. The summed E-state index contributed by atoms with van der Waals surface area (Å²) in [6.45, 7) is 5.39. The summed E-state index contributed by atoms with van der Waals surface area (Å²) in [6, 6.07) is -0.120. The standard InChI is InChI=1S/C24H38N6O5/c1-2-3-10-29-21(25)20(22(32)26-24(29)34)30(17-7-4-5-8-17)19(31)16-27-11-13-28(14-12-27)23(33)18-9-6-15-35-18/h17-18H,2-16,25H2,1H3,(H,26,32,34). The number of ether oxygens (including phenoxy) is 1. The van der Waals surface area contributed by atoms with Crippen molar-refractivity contribution in [2.45, 2.75) is 77.0 Å². The molecule has 3 aliphatic rings. The molecule has 4 rings (SSSR count). The number of nitrogens with one attached hydrogen (secondary N) is 1. The van der Waals surface area contributed by atoms with E-state index in [1.807, 2.05) is 16.7 Å². The van der Waals surface area contributed by atoms with Gasteiger partial charge in [-0.3, -0.25) is 28.8 Å². The Hall–Kier alpha value is -2.66. The zero-order valence-electron chi connectivity index (χ0n) is 20.7. The third-order valence-electron chi connectivity index (χ3n) is 7.40. The lowest BCUT2D eigenvalue weighted by Gasteiger charge is -2.37. The molecule has 1 aliphatic carbocycles. The van der Waals surface area contributed by atoms with Gasteiger partial charge in [0.1, 0.15) is 11.9 Å². The van der Waals surface area contributed by atoms with Crippen LogP contribution in [0.3, 0.4) is 0 Å². The van der Waals surface area contributed by atoms with Gasteiger partial charge in [0.25, 0.3) is 11.5 Å².